The van der Waals surface area contributed by atoms with Gasteiger partial charge in [0.1, 0.15) is 17.4 Å². The lowest BCUT2D eigenvalue weighted by atomic mass is 10.00. The molecular formula is C24H28N6O5. The van der Waals surface area contributed by atoms with Crippen LogP contribution in [-0.4, -0.2) is 82.1 Å². The summed E-state index contributed by atoms with van der Waals surface area (Å²) in [5.74, 6) is -1.13. The predicted octanol–water partition coefficient (Wildman–Crippen LogP) is 1.70. The second-order valence-electron chi connectivity index (χ2n) is 9.01. The minimum absolute atomic E-state index is 0.0258. The van der Waals surface area contributed by atoms with Crippen molar-refractivity contribution in [3.05, 3.63) is 41.2 Å². The van der Waals surface area contributed by atoms with Gasteiger partial charge in [-0.25, -0.2) is 14.8 Å². The lowest BCUT2D eigenvalue weighted by molar-refractivity contribution is -0.139. The van der Waals surface area contributed by atoms with Crippen LogP contribution in [0.4, 0.5) is 16.3 Å². The zero-order valence-corrected chi connectivity index (χ0v) is 19.3. The highest BCUT2D eigenvalue weighted by Gasteiger charge is 2.33. The highest BCUT2D eigenvalue weighted by atomic mass is 16.5. The number of nitrogens with zero attached hydrogens (tertiary/aromatic N) is 4. The Labute approximate surface area is 202 Å². The van der Waals surface area contributed by atoms with Crippen molar-refractivity contribution in [2.24, 2.45) is 0 Å². The molecular weight excluding hydrogens is 452 g/mol. The SMILES string of the molecule is O=C1COc2ncc([C@H](CN3CCN(CCCc4ccc5c(n4)NCCC5)C3=O)C(=O)O)cc2N1. The predicted molar refractivity (Wildman–Crippen MR) is 127 cm³/mol. The van der Waals surface area contributed by atoms with E-state index in [4.69, 9.17) is 9.72 Å². The van der Waals surface area contributed by atoms with Crippen LogP contribution in [0.25, 0.3) is 0 Å². The molecule has 3 amide bonds. The standard InChI is InChI=1S/C24H28N6O5/c31-20-14-35-22-19(28-20)11-16(12-26-22)18(23(32)33)13-30-10-9-29(24(30)34)8-2-4-17-6-5-15-3-1-7-25-21(15)27-17/h5-6,11-12,18H,1-4,7-10,13-14H2,(H,25,27)(H,28,31)(H,32,33)/t18-/m0/s1. The average molecular weight is 481 g/mol. The molecule has 3 aliphatic rings. The van der Waals surface area contributed by atoms with Crippen LogP contribution in [0.2, 0.25) is 0 Å². The highest BCUT2D eigenvalue weighted by molar-refractivity contribution is 5.95. The number of nitrogens with one attached hydrogen (secondary N) is 2. The van der Waals surface area contributed by atoms with Crippen molar-refractivity contribution < 1.29 is 24.2 Å². The molecule has 3 aliphatic heterocycles. The third kappa shape index (κ3) is 4.98. The number of pyridine rings is 2. The lowest BCUT2D eigenvalue weighted by Crippen LogP contribution is -2.37. The largest absolute Gasteiger partial charge is 0.481 e. The summed E-state index contributed by atoms with van der Waals surface area (Å²) >= 11 is 0. The highest BCUT2D eigenvalue weighted by Crippen LogP contribution is 2.30. The van der Waals surface area contributed by atoms with Crippen molar-refractivity contribution in [2.75, 3.05) is 50.0 Å². The third-order valence-electron chi connectivity index (χ3n) is 6.58. The minimum atomic E-state index is -1.06. The van der Waals surface area contributed by atoms with Crippen LogP contribution in [-0.2, 0) is 22.4 Å². The van der Waals surface area contributed by atoms with Gasteiger partial charge < -0.3 is 30.3 Å². The van der Waals surface area contributed by atoms with E-state index >= 15 is 0 Å². The second-order valence-corrected chi connectivity index (χ2v) is 9.01. The zero-order valence-electron chi connectivity index (χ0n) is 19.3. The van der Waals surface area contributed by atoms with Gasteiger partial charge in [-0.3, -0.25) is 9.59 Å². The smallest absolute Gasteiger partial charge is 0.320 e. The van der Waals surface area contributed by atoms with Gasteiger partial charge >= 0.3 is 12.0 Å². The number of rotatable bonds is 8. The molecule has 0 aliphatic carbocycles. The molecule has 1 fully saturated rings. The van der Waals surface area contributed by atoms with E-state index in [-0.39, 0.29) is 31.0 Å². The Morgan fingerprint density at radius 3 is 2.94 bits per heavy atom. The summed E-state index contributed by atoms with van der Waals surface area (Å²) in [6.45, 7) is 2.45. The first kappa shape index (κ1) is 22.9. The Bertz CT molecular complexity index is 1160. The van der Waals surface area contributed by atoms with E-state index in [2.05, 4.69) is 27.8 Å². The first-order valence-electron chi connectivity index (χ1n) is 11.9. The molecule has 184 valence electrons. The quantitative estimate of drug-likeness (QED) is 0.519. The van der Waals surface area contributed by atoms with Gasteiger partial charge in [-0.1, -0.05) is 6.07 Å². The Morgan fingerprint density at radius 2 is 2.09 bits per heavy atom. The zero-order chi connectivity index (χ0) is 24.4. The van der Waals surface area contributed by atoms with E-state index in [0.29, 0.717) is 30.9 Å². The van der Waals surface area contributed by atoms with Crippen molar-refractivity contribution in [1.82, 2.24) is 19.8 Å². The molecule has 1 atom stereocenters. The number of carbonyl (C=O) groups is 3. The third-order valence-corrected chi connectivity index (χ3v) is 6.58. The number of aliphatic carboxylic acids is 1. The number of anilines is 2. The number of fused-ring (bicyclic) bond motifs is 2. The lowest BCUT2D eigenvalue weighted by Gasteiger charge is -2.23. The maximum absolute atomic E-state index is 12.9. The van der Waals surface area contributed by atoms with E-state index in [0.717, 1.165) is 43.7 Å². The fraction of sp³-hybridized carbons (Fsp3) is 0.458. The molecule has 11 heteroatoms. The number of carboxylic acids is 1. The number of carbonyl (C=O) groups excluding carboxylic acids is 2. The van der Waals surface area contributed by atoms with Crippen LogP contribution in [0.5, 0.6) is 5.88 Å². The van der Waals surface area contributed by atoms with E-state index in [1.54, 1.807) is 15.9 Å². The van der Waals surface area contributed by atoms with Crippen molar-refractivity contribution in [3.8, 4) is 5.88 Å². The summed E-state index contributed by atoms with van der Waals surface area (Å²) in [6, 6.07) is 5.57. The van der Waals surface area contributed by atoms with Gasteiger partial charge in [0.25, 0.3) is 5.91 Å². The number of aromatic nitrogens is 2. The molecule has 3 N–H and O–H groups in total. The number of ether oxygens (including phenoxy) is 1. The molecule has 2 aromatic rings. The maximum atomic E-state index is 12.9. The molecule has 0 unspecified atom stereocenters. The van der Waals surface area contributed by atoms with Gasteiger partial charge in [0.05, 0.1) is 0 Å². The summed E-state index contributed by atoms with van der Waals surface area (Å²) in [5.41, 5.74) is 3.00. The first-order chi connectivity index (χ1) is 17.0. The normalized spacial score (nSPS) is 17.7. The molecule has 35 heavy (non-hydrogen) atoms. The summed E-state index contributed by atoms with van der Waals surface area (Å²) in [6.07, 6.45) is 5.15. The van der Waals surface area contributed by atoms with Crippen molar-refractivity contribution in [2.45, 2.75) is 31.6 Å². The Balaban J connectivity index is 1.17. The Kier molecular flexibility index (Phi) is 6.39. The molecule has 0 radical (unpaired) electrons. The Hall–Kier alpha value is -3.89. The average Bonchev–Trinajstić information content (AvgIpc) is 3.20. The van der Waals surface area contributed by atoms with E-state index in [1.807, 2.05) is 0 Å². The molecule has 0 bridgehead atoms. The number of hydrogen-bond donors (Lipinski definition) is 3. The number of aryl methyl sites for hydroxylation is 2. The number of carboxylic acid groups (broad SMARTS) is 1. The number of amides is 3. The molecule has 0 spiro atoms. The minimum Gasteiger partial charge on any atom is -0.481 e. The van der Waals surface area contributed by atoms with Gasteiger partial charge in [-0.15, -0.1) is 0 Å². The van der Waals surface area contributed by atoms with Crippen LogP contribution < -0.4 is 15.4 Å². The Morgan fingerprint density at radius 1 is 1.23 bits per heavy atom. The van der Waals surface area contributed by atoms with Crippen LogP contribution in [0, 0.1) is 0 Å². The number of hydrogen-bond acceptors (Lipinski definition) is 7. The van der Waals surface area contributed by atoms with Crippen molar-refractivity contribution >= 4 is 29.4 Å². The van der Waals surface area contributed by atoms with Crippen LogP contribution >= 0.6 is 0 Å². The topological polar surface area (TPSA) is 137 Å². The molecule has 5 heterocycles. The second kappa shape index (κ2) is 9.77. The summed E-state index contributed by atoms with van der Waals surface area (Å²) < 4.78 is 5.24. The summed E-state index contributed by atoms with van der Waals surface area (Å²) in [5, 5.41) is 15.8. The van der Waals surface area contributed by atoms with Crippen LogP contribution in [0.3, 0.4) is 0 Å². The fourth-order valence-corrected chi connectivity index (χ4v) is 4.70. The fourth-order valence-electron chi connectivity index (χ4n) is 4.70. The van der Waals surface area contributed by atoms with Gasteiger partial charge in [0, 0.05) is 44.6 Å². The van der Waals surface area contributed by atoms with E-state index < -0.39 is 11.9 Å². The molecule has 5 rings (SSSR count). The molecule has 1 saturated heterocycles. The van der Waals surface area contributed by atoms with E-state index in [1.165, 1.54) is 11.8 Å². The van der Waals surface area contributed by atoms with Gasteiger partial charge in [0.15, 0.2) is 6.61 Å². The summed E-state index contributed by atoms with van der Waals surface area (Å²) in [4.78, 5) is 48.7. The summed E-state index contributed by atoms with van der Waals surface area (Å²) in [7, 11) is 0. The van der Waals surface area contributed by atoms with Gasteiger partial charge in [-0.05, 0) is 48.9 Å². The number of urea groups is 1. The van der Waals surface area contributed by atoms with Crippen LogP contribution in [0.1, 0.15) is 35.6 Å². The molecule has 0 aromatic carbocycles. The molecule has 2 aromatic heterocycles. The monoisotopic (exact) mass is 480 g/mol. The first-order valence-corrected chi connectivity index (χ1v) is 11.9. The van der Waals surface area contributed by atoms with Crippen molar-refractivity contribution in [1.29, 1.82) is 0 Å². The van der Waals surface area contributed by atoms with Crippen LogP contribution in [0.15, 0.2) is 24.4 Å². The molecule has 11 nitrogen and oxygen atoms in total. The van der Waals surface area contributed by atoms with Gasteiger partial charge in [-0.2, -0.15) is 0 Å². The maximum Gasteiger partial charge on any atom is 0.320 e. The van der Waals surface area contributed by atoms with Crippen molar-refractivity contribution in [3.63, 3.8) is 0 Å². The van der Waals surface area contributed by atoms with Gasteiger partial charge in [0.2, 0.25) is 5.88 Å². The molecule has 0 saturated carbocycles. The van der Waals surface area contributed by atoms with E-state index in [9.17, 15) is 19.5 Å².